The molecule has 1 amide bonds. The molecular formula is C39H34N4O3. The van der Waals surface area contributed by atoms with Crippen LogP contribution < -0.4 is 5.43 Å². The fourth-order valence-electron chi connectivity index (χ4n) is 5.67. The van der Waals surface area contributed by atoms with E-state index in [2.05, 4.69) is 51.5 Å². The number of hydrogen-bond donors (Lipinski definition) is 1. The van der Waals surface area contributed by atoms with Crippen molar-refractivity contribution in [3.05, 3.63) is 155 Å². The van der Waals surface area contributed by atoms with Crippen molar-refractivity contribution in [3.8, 4) is 33.9 Å². The van der Waals surface area contributed by atoms with Gasteiger partial charge < -0.3 is 13.9 Å². The van der Waals surface area contributed by atoms with E-state index < -0.39 is 0 Å². The van der Waals surface area contributed by atoms with Gasteiger partial charge >= 0.3 is 5.97 Å². The van der Waals surface area contributed by atoms with E-state index in [1.54, 1.807) is 19.2 Å². The number of rotatable bonds is 9. The number of benzene rings is 4. The Kier molecular flexibility index (Phi) is 8.74. The molecule has 46 heavy (non-hydrogen) atoms. The number of nitrogens with one attached hydrogen (secondary N) is 1. The average Bonchev–Trinajstić information content (AvgIpc) is 3.66. The first-order valence-electron chi connectivity index (χ1n) is 15.2. The lowest BCUT2D eigenvalue weighted by atomic mass is 10.1. The Morgan fingerprint density at radius 1 is 0.696 bits per heavy atom. The van der Waals surface area contributed by atoms with E-state index >= 15 is 0 Å². The van der Waals surface area contributed by atoms with Crippen molar-refractivity contribution in [2.24, 2.45) is 5.10 Å². The minimum Gasteiger partial charge on any atom is -0.462 e. The minimum atomic E-state index is -0.356. The highest BCUT2D eigenvalue weighted by molar-refractivity contribution is 5.95. The van der Waals surface area contributed by atoms with E-state index in [9.17, 15) is 9.59 Å². The maximum Gasteiger partial charge on any atom is 0.338 e. The van der Waals surface area contributed by atoms with Crippen LogP contribution in [-0.4, -0.2) is 33.8 Å². The van der Waals surface area contributed by atoms with Crippen molar-refractivity contribution in [1.29, 1.82) is 0 Å². The van der Waals surface area contributed by atoms with E-state index in [1.165, 1.54) is 0 Å². The third-order valence-corrected chi connectivity index (χ3v) is 7.86. The number of esters is 1. The van der Waals surface area contributed by atoms with Gasteiger partial charge in [-0.15, -0.1) is 0 Å². The summed E-state index contributed by atoms with van der Waals surface area (Å²) in [4.78, 5) is 25.3. The number of carbonyl (C=O) groups is 2. The molecule has 6 aromatic rings. The number of nitrogens with zero attached hydrogens (tertiary/aromatic N) is 3. The highest BCUT2D eigenvalue weighted by atomic mass is 16.5. The largest absolute Gasteiger partial charge is 0.462 e. The SMILES string of the molecule is CCOC(=O)c1cccc(-n2c(C)cc(/C=N\NC(=O)c3ccc(-n4c(-c5ccccc5)ccc4-c4ccccc4)cc3)c2C)c1. The van der Waals surface area contributed by atoms with Crippen LogP contribution >= 0.6 is 0 Å². The molecule has 0 bridgehead atoms. The predicted octanol–water partition coefficient (Wildman–Crippen LogP) is 8.16. The van der Waals surface area contributed by atoms with Crippen LogP contribution in [0.25, 0.3) is 33.9 Å². The molecule has 6 rings (SSSR count). The van der Waals surface area contributed by atoms with Crippen molar-refractivity contribution >= 4 is 18.1 Å². The first-order valence-corrected chi connectivity index (χ1v) is 15.2. The molecule has 0 saturated carbocycles. The molecule has 0 radical (unpaired) electrons. The van der Waals surface area contributed by atoms with E-state index in [0.29, 0.717) is 17.7 Å². The van der Waals surface area contributed by atoms with Gasteiger partial charge in [-0.3, -0.25) is 4.79 Å². The van der Waals surface area contributed by atoms with Gasteiger partial charge in [-0.2, -0.15) is 5.10 Å². The van der Waals surface area contributed by atoms with Gasteiger partial charge in [0.25, 0.3) is 5.91 Å². The van der Waals surface area contributed by atoms with Crippen molar-refractivity contribution in [3.63, 3.8) is 0 Å². The molecule has 0 aliphatic heterocycles. The van der Waals surface area contributed by atoms with Gasteiger partial charge in [-0.25, -0.2) is 10.2 Å². The van der Waals surface area contributed by atoms with Gasteiger partial charge in [0.1, 0.15) is 0 Å². The summed E-state index contributed by atoms with van der Waals surface area (Å²) in [6.45, 7) is 6.06. The molecule has 7 heteroatoms. The van der Waals surface area contributed by atoms with Gasteiger partial charge in [0.2, 0.25) is 0 Å². The number of amides is 1. The third kappa shape index (κ3) is 6.16. The summed E-state index contributed by atoms with van der Waals surface area (Å²) in [6, 6.07) is 41.6. The Hall–Kier alpha value is -5.95. The predicted molar refractivity (Wildman–Crippen MR) is 183 cm³/mol. The van der Waals surface area contributed by atoms with Crippen molar-refractivity contribution in [1.82, 2.24) is 14.6 Å². The highest BCUT2D eigenvalue weighted by Gasteiger charge is 2.15. The Bertz CT molecular complexity index is 1960. The normalized spacial score (nSPS) is 11.1. The number of aromatic nitrogens is 2. The van der Waals surface area contributed by atoms with Crippen LogP contribution in [0.15, 0.2) is 132 Å². The Morgan fingerprint density at radius 3 is 1.93 bits per heavy atom. The Morgan fingerprint density at radius 2 is 1.33 bits per heavy atom. The second-order valence-corrected chi connectivity index (χ2v) is 10.8. The molecule has 1 N–H and O–H groups in total. The van der Waals surface area contributed by atoms with E-state index in [4.69, 9.17) is 4.74 Å². The summed E-state index contributed by atoms with van der Waals surface area (Å²) in [7, 11) is 0. The highest BCUT2D eigenvalue weighted by Crippen LogP contribution is 2.32. The lowest BCUT2D eigenvalue weighted by molar-refractivity contribution is 0.0526. The molecule has 0 atom stereocenters. The van der Waals surface area contributed by atoms with Crippen LogP contribution in [0, 0.1) is 13.8 Å². The zero-order valence-corrected chi connectivity index (χ0v) is 26.0. The molecule has 0 fully saturated rings. The second-order valence-electron chi connectivity index (χ2n) is 10.8. The fraction of sp³-hybridized carbons (Fsp3) is 0.103. The molecule has 0 spiro atoms. The maximum absolute atomic E-state index is 13.1. The monoisotopic (exact) mass is 606 g/mol. The van der Waals surface area contributed by atoms with Crippen LogP contribution in [0.2, 0.25) is 0 Å². The van der Waals surface area contributed by atoms with Crippen molar-refractivity contribution in [2.45, 2.75) is 20.8 Å². The lowest BCUT2D eigenvalue weighted by Gasteiger charge is -2.15. The first kappa shape index (κ1) is 30.1. The molecule has 4 aromatic carbocycles. The average molecular weight is 607 g/mol. The topological polar surface area (TPSA) is 77.6 Å². The van der Waals surface area contributed by atoms with E-state index in [0.717, 1.165) is 50.8 Å². The van der Waals surface area contributed by atoms with E-state index in [-0.39, 0.29) is 11.9 Å². The molecule has 0 saturated heterocycles. The quantitative estimate of drug-likeness (QED) is 0.102. The lowest BCUT2D eigenvalue weighted by Crippen LogP contribution is -2.17. The standard InChI is InChI=1S/C39H34N4O3/c1-4-46-39(45)32-16-11-17-35(25-32)42-27(2)24-33(28(42)3)26-40-41-38(44)31-18-20-34(21-19-31)43-36(29-12-7-5-8-13-29)22-23-37(43)30-14-9-6-10-15-30/h5-26H,4H2,1-3H3,(H,41,44)/b40-26-. The molecule has 0 unspecified atom stereocenters. The smallest absolute Gasteiger partial charge is 0.338 e. The number of hydrogen-bond acceptors (Lipinski definition) is 4. The van der Waals surface area contributed by atoms with Crippen LogP contribution in [0.3, 0.4) is 0 Å². The Balaban J connectivity index is 1.21. The fourth-order valence-corrected chi connectivity index (χ4v) is 5.67. The molecule has 228 valence electrons. The summed E-state index contributed by atoms with van der Waals surface area (Å²) in [6.07, 6.45) is 1.64. The van der Waals surface area contributed by atoms with Crippen molar-refractivity contribution < 1.29 is 14.3 Å². The molecule has 0 aliphatic rings. The summed E-state index contributed by atoms with van der Waals surface area (Å²) in [5.74, 6) is -0.663. The van der Waals surface area contributed by atoms with Gasteiger partial charge in [0.05, 0.1) is 29.8 Å². The van der Waals surface area contributed by atoms with Crippen molar-refractivity contribution in [2.75, 3.05) is 6.61 Å². The summed E-state index contributed by atoms with van der Waals surface area (Å²) in [5.41, 5.74) is 12.5. The summed E-state index contributed by atoms with van der Waals surface area (Å²) in [5, 5.41) is 4.26. The molecule has 2 aromatic heterocycles. The van der Waals surface area contributed by atoms with Gasteiger partial charge in [-0.1, -0.05) is 66.7 Å². The molecule has 7 nitrogen and oxygen atoms in total. The van der Waals surface area contributed by atoms with Crippen LogP contribution in [0.4, 0.5) is 0 Å². The maximum atomic E-state index is 13.1. The summed E-state index contributed by atoms with van der Waals surface area (Å²) < 4.78 is 9.41. The van der Waals surface area contributed by atoms with Gasteiger partial charge in [-0.05, 0) is 92.6 Å². The number of hydrazone groups is 1. The van der Waals surface area contributed by atoms with E-state index in [1.807, 2.05) is 103 Å². The third-order valence-electron chi connectivity index (χ3n) is 7.86. The minimum absolute atomic E-state index is 0.308. The molecule has 2 heterocycles. The molecule has 0 aliphatic carbocycles. The zero-order chi connectivity index (χ0) is 32.0. The Labute approximate surface area is 268 Å². The van der Waals surface area contributed by atoms with Crippen LogP contribution in [0.1, 0.15) is 44.6 Å². The van der Waals surface area contributed by atoms with Crippen LogP contribution in [0.5, 0.6) is 0 Å². The number of carbonyl (C=O) groups excluding carboxylic acids is 2. The number of aryl methyl sites for hydroxylation is 1. The second kappa shape index (κ2) is 13.4. The number of ether oxygens (including phenoxy) is 1. The summed E-state index contributed by atoms with van der Waals surface area (Å²) >= 11 is 0. The molecular weight excluding hydrogens is 572 g/mol. The van der Waals surface area contributed by atoms with Crippen LogP contribution in [-0.2, 0) is 4.74 Å². The zero-order valence-electron chi connectivity index (χ0n) is 26.0. The van der Waals surface area contributed by atoms with Gasteiger partial charge in [0, 0.05) is 33.9 Å². The van der Waals surface area contributed by atoms with Gasteiger partial charge in [0.15, 0.2) is 0 Å². The first-order chi connectivity index (χ1) is 22.4.